The van der Waals surface area contributed by atoms with Gasteiger partial charge < -0.3 is 26.0 Å². The van der Waals surface area contributed by atoms with Gasteiger partial charge in [0, 0.05) is 31.8 Å². The topological polar surface area (TPSA) is 109 Å². The molecule has 0 aliphatic carbocycles. The van der Waals surface area contributed by atoms with Crippen molar-refractivity contribution in [3.05, 3.63) is 35.4 Å². The Morgan fingerprint density at radius 1 is 1.44 bits per heavy atom. The Labute approximate surface area is 147 Å². The third-order valence-electron chi connectivity index (χ3n) is 3.77. The molecule has 1 heterocycles. The molecule has 1 atom stereocenters. The summed E-state index contributed by atoms with van der Waals surface area (Å²) in [4.78, 5) is 29.6. The summed E-state index contributed by atoms with van der Waals surface area (Å²) in [6.07, 6.45) is 0. The molecule has 4 N–H and O–H groups in total. The number of nitrogens with zero attached hydrogens (tertiary/aromatic N) is 2. The Morgan fingerprint density at radius 2 is 2.16 bits per heavy atom. The van der Waals surface area contributed by atoms with Crippen LogP contribution in [0.4, 0.5) is 0 Å². The van der Waals surface area contributed by atoms with Crippen molar-refractivity contribution in [1.82, 2.24) is 15.5 Å². The number of guanidine groups is 1. The Kier molecular flexibility index (Phi) is 6.76. The number of amides is 2. The Bertz CT molecular complexity index is 630. The standard InChI is InChI=1S/C17H25N5O3/c1-12(11-25-2)21-17(18)20-9-13-3-5-14(6-4-13)16(24)22-8-7-19-15(23)10-22/h3-6,12H,7-11H2,1-2H3,(H,19,23)(H3,18,20,21). The Balaban J connectivity index is 1.91. The fourth-order valence-corrected chi connectivity index (χ4v) is 2.51. The maximum Gasteiger partial charge on any atom is 0.254 e. The number of carbonyl (C=O) groups is 2. The zero-order chi connectivity index (χ0) is 18.2. The molecule has 2 amide bonds. The van der Waals surface area contributed by atoms with Crippen LogP contribution in [0.25, 0.3) is 0 Å². The summed E-state index contributed by atoms with van der Waals surface area (Å²) in [5.41, 5.74) is 7.33. The molecule has 1 fully saturated rings. The van der Waals surface area contributed by atoms with Crippen LogP contribution in [0.3, 0.4) is 0 Å². The maximum atomic E-state index is 12.4. The van der Waals surface area contributed by atoms with Gasteiger partial charge in [0.2, 0.25) is 5.91 Å². The van der Waals surface area contributed by atoms with Gasteiger partial charge in [-0.2, -0.15) is 0 Å². The van der Waals surface area contributed by atoms with E-state index in [1.54, 1.807) is 24.1 Å². The fraction of sp³-hybridized carbons (Fsp3) is 0.471. The molecule has 1 saturated heterocycles. The van der Waals surface area contributed by atoms with Gasteiger partial charge in [0.25, 0.3) is 5.91 Å². The Morgan fingerprint density at radius 3 is 2.80 bits per heavy atom. The highest BCUT2D eigenvalue weighted by atomic mass is 16.5. The minimum absolute atomic E-state index is 0.0792. The monoisotopic (exact) mass is 347 g/mol. The first-order chi connectivity index (χ1) is 12.0. The van der Waals surface area contributed by atoms with Gasteiger partial charge in [-0.05, 0) is 24.6 Å². The van der Waals surface area contributed by atoms with E-state index in [4.69, 9.17) is 10.5 Å². The number of hydrogen-bond donors (Lipinski definition) is 3. The zero-order valence-electron chi connectivity index (χ0n) is 14.6. The second-order valence-corrected chi connectivity index (χ2v) is 5.98. The van der Waals surface area contributed by atoms with Crippen molar-refractivity contribution >= 4 is 17.8 Å². The molecule has 0 spiro atoms. The first kappa shape index (κ1) is 18.7. The predicted octanol–water partition coefficient (Wildman–Crippen LogP) is -0.302. The zero-order valence-corrected chi connectivity index (χ0v) is 14.6. The molecular formula is C17H25N5O3. The molecule has 1 aromatic carbocycles. The van der Waals surface area contributed by atoms with Gasteiger partial charge in [0.05, 0.1) is 19.7 Å². The number of piperazine rings is 1. The van der Waals surface area contributed by atoms with Gasteiger partial charge in [-0.15, -0.1) is 0 Å². The van der Waals surface area contributed by atoms with Crippen molar-refractivity contribution in [1.29, 1.82) is 0 Å². The summed E-state index contributed by atoms with van der Waals surface area (Å²) in [7, 11) is 1.63. The molecule has 2 rings (SSSR count). The lowest BCUT2D eigenvalue weighted by Crippen LogP contribution is -2.49. The summed E-state index contributed by atoms with van der Waals surface area (Å²) < 4.78 is 5.03. The predicted molar refractivity (Wildman–Crippen MR) is 95.2 cm³/mol. The molecule has 1 aromatic rings. The molecule has 0 radical (unpaired) electrons. The highest BCUT2D eigenvalue weighted by molar-refractivity contribution is 5.97. The molecule has 136 valence electrons. The van der Waals surface area contributed by atoms with Crippen LogP contribution in [-0.4, -0.2) is 62.1 Å². The molecule has 0 aromatic heterocycles. The van der Waals surface area contributed by atoms with Crippen LogP contribution in [0.15, 0.2) is 29.3 Å². The lowest BCUT2D eigenvalue weighted by atomic mass is 10.1. The van der Waals surface area contributed by atoms with Crippen LogP contribution in [0.2, 0.25) is 0 Å². The number of carbonyl (C=O) groups excluding carboxylic acids is 2. The quantitative estimate of drug-likeness (QED) is 0.483. The lowest BCUT2D eigenvalue weighted by molar-refractivity contribution is -0.123. The minimum atomic E-state index is -0.139. The van der Waals surface area contributed by atoms with Gasteiger partial charge in [0.1, 0.15) is 0 Å². The SMILES string of the molecule is COCC(C)NC(N)=NCc1ccc(C(=O)N2CCNC(=O)C2)cc1. The van der Waals surface area contributed by atoms with Crippen molar-refractivity contribution in [2.75, 3.05) is 33.4 Å². The van der Waals surface area contributed by atoms with Gasteiger partial charge in [-0.25, -0.2) is 4.99 Å². The molecule has 1 unspecified atom stereocenters. The van der Waals surface area contributed by atoms with E-state index in [2.05, 4.69) is 15.6 Å². The second kappa shape index (κ2) is 9.03. The van der Waals surface area contributed by atoms with Gasteiger partial charge in [-0.1, -0.05) is 12.1 Å². The fourth-order valence-electron chi connectivity index (χ4n) is 2.51. The second-order valence-electron chi connectivity index (χ2n) is 5.98. The third kappa shape index (κ3) is 5.75. The highest BCUT2D eigenvalue weighted by Crippen LogP contribution is 2.09. The molecule has 1 aliphatic rings. The summed E-state index contributed by atoms with van der Waals surface area (Å²) in [5, 5.41) is 5.73. The highest BCUT2D eigenvalue weighted by Gasteiger charge is 2.21. The van der Waals surface area contributed by atoms with Crippen molar-refractivity contribution in [3.8, 4) is 0 Å². The van der Waals surface area contributed by atoms with Crippen LogP contribution in [-0.2, 0) is 16.1 Å². The first-order valence-electron chi connectivity index (χ1n) is 8.20. The van der Waals surface area contributed by atoms with Crippen molar-refractivity contribution < 1.29 is 14.3 Å². The average Bonchev–Trinajstić information content (AvgIpc) is 2.60. The average molecular weight is 347 g/mol. The number of nitrogens with one attached hydrogen (secondary N) is 2. The number of nitrogens with two attached hydrogens (primary N) is 1. The molecule has 8 heteroatoms. The maximum absolute atomic E-state index is 12.4. The number of benzene rings is 1. The van der Waals surface area contributed by atoms with Gasteiger partial charge in [0.15, 0.2) is 5.96 Å². The summed E-state index contributed by atoms with van der Waals surface area (Å²) in [6.45, 7) is 4.03. The van der Waals surface area contributed by atoms with Crippen molar-refractivity contribution in [2.45, 2.75) is 19.5 Å². The van der Waals surface area contributed by atoms with Crippen LogP contribution in [0.5, 0.6) is 0 Å². The molecule has 1 aliphatic heterocycles. The number of aliphatic imine (C=N–C) groups is 1. The number of ether oxygens (including phenoxy) is 1. The molecular weight excluding hydrogens is 322 g/mol. The van der Waals surface area contributed by atoms with Crippen LogP contribution >= 0.6 is 0 Å². The van der Waals surface area contributed by atoms with E-state index in [9.17, 15) is 9.59 Å². The van der Waals surface area contributed by atoms with Crippen LogP contribution < -0.4 is 16.4 Å². The van der Waals surface area contributed by atoms with E-state index in [0.29, 0.717) is 37.8 Å². The molecule has 0 bridgehead atoms. The van der Waals surface area contributed by atoms with E-state index in [1.807, 2.05) is 19.1 Å². The molecule has 25 heavy (non-hydrogen) atoms. The largest absolute Gasteiger partial charge is 0.383 e. The van der Waals surface area contributed by atoms with E-state index in [-0.39, 0.29) is 24.4 Å². The third-order valence-corrected chi connectivity index (χ3v) is 3.77. The number of rotatable bonds is 6. The summed E-state index contributed by atoms with van der Waals surface area (Å²) >= 11 is 0. The van der Waals surface area contributed by atoms with Crippen LogP contribution in [0, 0.1) is 0 Å². The van der Waals surface area contributed by atoms with Gasteiger partial charge in [-0.3, -0.25) is 9.59 Å². The number of methoxy groups -OCH3 is 1. The minimum Gasteiger partial charge on any atom is -0.383 e. The van der Waals surface area contributed by atoms with Gasteiger partial charge >= 0.3 is 0 Å². The van der Waals surface area contributed by atoms with E-state index in [1.165, 1.54) is 0 Å². The summed E-state index contributed by atoms with van der Waals surface area (Å²) in [5.74, 6) is 0.0831. The smallest absolute Gasteiger partial charge is 0.254 e. The first-order valence-corrected chi connectivity index (χ1v) is 8.20. The number of hydrogen-bond acceptors (Lipinski definition) is 4. The van der Waals surface area contributed by atoms with Crippen LogP contribution in [0.1, 0.15) is 22.8 Å². The normalized spacial score (nSPS) is 16.3. The Hall–Kier alpha value is -2.61. The van der Waals surface area contributed by atoms with Crippen molar-refractivity contribution in [3.63, 3.8) is 0 Å². The van der Waals surface area contributed by atoms with Crippen molar-refractivity contribution in [2.24, 2.45) is 10.7 Å². The lowest BCUT2D eigenvalue weighted by Gasteiger charge is -2.26. The van der Waals surface area contributed by atoms with E-state index in [0.717, 1.165) is 5.56 Å². The molecule has 0 saturated carbocycles. The van der Waals surface area contributed by atoms with E-state index >= 15 is 0 Å². The summed E-state index contributed by atoms with van der Waals surface area (Å²) in [6, 6.07) is 7.25. The van der Waals surface area contributed by atoms with E-state index < -0.39 is 0 Å². The molecule has 8 nitrogen and oxygen atoms in total.